The number of fused-ring (bicyclic) bond motifs is 1. The van der Waals surface area contributed by atoms with Gasteiger partial charge in [0, 0.05) is 29.9 Å². The van der Waals surface area contributed by atoms with Gasteiger partial charge in [-0.1, -0.05) is 18.2 Å². The Kier molecular flexibility index (Phi) is 5.08. The molecule has 0 saturated heterocycles. The van der Waals surface area contributed by atoms with Gasteiger partial charge in [0.2, 0.25) is 5.43 Å². The molecular formula is C23H13F4N5O2. The van der Waals surface area contributed by atoms with Gasteiger partial charge >= 0.3 is 6.36 Å². The minimum absolute atomic E-state index is 0.0106. The summed E-state index contributed by atoms with van der Waals surface area (Å²) in [6, 6.07) is 14.1. The van der Waals surface area contributed by atoms with Gasteiger partial charge in [-0.05, 0) is 30.3 Å². The van der Waals surface area contributed by atoms with E-state index in [1.165, 1.54) is 58.3 Å². The van der Waals surface area contributed by atoms with E-state index in [1.54, 1.807) is 18.2 Å². The van der Waals surface area contributed by atoms with Crippen LogP contribution in [0.5, 0.6) is 5.75 Å². The molecule has 0 aliphatic rings. The fourth-order valence-corrected chi connectivity index (χ4v) is 3.54. The highest BCUT2D eigenvalue weighted by molar-refractivity contribution is 5.87. The van der Waals surface area contributed by atoms with E-state index >= 15 is 0 Å². The second-order valence-corrected chi connectivity index (χ2v) is 7.11. The summed E-state index contributed by atoms with van der Waals surface area (Å²) in [6.07, 6.45) is -0.636. The third-order valence-electron chi connectivity index (χ3n) is 4.94. The van der Waals surface area contributed by atoms with E-state index in [0.29, 0.717) is 16.8 Å². The molecule has 0 N–H and O–H groups in total. The first-order valence-electron chi connectivity index (χ1n) is 9.84. The molecule has 34 heavy (non-hydrogen) atoms. The Labute approximate surface area is 188 Å². The van der Waals surface area contributed by atoms with Gasteiger partial charge in [0.1, 0.15) is 17.1 Å². The summed E-state index contributed by atoms with van der Waals surface area (Å²) in [4.78, 5) is 16.8. The summed E-state index contributed by atoms with van der Waals surface area (Å²) < 4.78 is 58.7. The van der Waals surface area contributed by atoms with E-state index in [9.17, 15) is 22.4 Å². The van der Waals surface area contributed by atoms with Crippen molar-refractivity contribution < 1.29 is 22.3 Å². The second-order valence-electron chi connectivity index (χ2n) is 7.11. The van der Waals surface area contributed by atoms with Crippen molar-refractivity contribution in [3.63, 3.8) is 0 Å². The highest BCUT2D eigenvalue weighted by Crippen LogP contribution is 2.27. The number of alkyl halides is 3. The lowest BCUT2D eigenvalue weighted by atomic mass is 10.1. The summed E-state index contributed by atoms with van der Waals surface area (Å²) in [5.41, 5.74) is 0.709. The highest BCUT2D eigenvalue weighted by Gasteiger charge is 2.31. The maximum atomic E-state index is 14.2. The number of benzene rings is 2. The molecule has 0 bridgehead atoms. The molecule has 0 amide bonds. The molecule has 0 spiro atoms. The molecule has 7 nitrogen and oxygen atoms in total. The van der Waals surface area contributed by atoms with Crippen LogP contribution in [0.1, 0.15) is 0 Å². The van der Waals surface area contributed by atoms with Crippen molar-refractivity contribution in [2.45, 2.75) is 6.36 Å². The Hall–Kier alpha value is -4.54. The van der Waals surface area contributed by atoms with Crippen LogP contribution in [0.4, 0.5) is 17.6 Å². The van der Waals surface area contributed by atoms with Crippen molar-refractivity contribution >= 4 is 10.9 Å². The molecular weight excluding hydrogens is 454 g/mol. The Morgan fingerprint density at radius 1 is 0.941 bits per heavy atom. The lowest BCUT2D eigenvalue weighted by molar-refractivity contribution is -0.274. The van der Waals surface area contributed by atoms with Gasteiger partial charge in [0.15, 0.2) is 5.69 Å². The molecule has 2 aromatic carbocycles. The van der Waals surface area contributed by atoms with E-state index in [4.69, 9.17) is 0 Å². The highest BCUT2D eigenvalue weighted by atomic mass is 19.4. The van der Waals surface area contributed by atoms with Gasteiger partial charge in [0.25, 0.3) is 0 Å². The van der Waals surface area contributed by atoms with E-state index in [-0.39, 0.29) is 16.9 Å². The van der Waals surface area contributed by atoms with E-state index in [2.05, 4.69) is 19.9 Å². The molecule has 5 aromatic rings. The zero-order valence-electron chi connectivity index (χ0n) is 17.1. The van der Waals surface area contributed by atoms with Crippen LogP contribution in [0.2, 0.25) is 0 Å². The average Bonchev–Trinajstić information content (AvgIpc) is 3.28. The minimum atomic E-state index is -4.85. The third kappa shape index (κ3) is 3.98. The van der Waals surface area contributed by atoms with Crippen LogP contribution in [0.25, 0.3) is 33.7 Å². The largest absolute Gasteiger partial charge is 0.573 e. The van der Waals surface area contributed by atoms with Crippen molar-refractivity contribution in [3.05, 3.63) is 95.3 Å². The number of aromatic nitrogens is 5. The van der Waals surface area contributed by atoms with Crippen LogP contribution in [-0.2, 0) is 0 Å². The number of halogens is 4. The van der Waals surface area contributed by atoms with Crippen molar-refractivity contribution in [1.82, 2.24) is 24.5 Å². The Morgan fingerprint density at radius 3 is 2.59 bits per heavy atom. The molecule has 0 fully saturated rings. The fourth-order valence-electron chi connectivity index (χ4n) is 3.54. The lowest BCUT2D eigenvalue weighted by Crippen LogP contribution is -2.17. The number of nitrogens with zero attached hydrogens (tertiary/aromatic N) is 5. The van der Waals surface area contributed by atoms with Gasteiger partial charge < -0.3 is 4.74 Å². The van der Waals surface area contributed by atoms with Gasteiger partial charge in [-0.25, -0.2) is 13.8 Å². The van der Waals surface area contributed by atoms with Gasteiger partial charge in [-0.15, -0.1) is 13.2 Å². The minimum Gasteiger partial charge on any atom is -0.406 e. The van der Waals surface area contributed by atoms with Crippen LogP contribution < -0.4 is 10.2 Å². The number of para-hydroxylation sites is 1. The molecule has 170 valence electrons. The first-order valence-corrected chi connectivity index (χ1v) is 9.84. The molecule has 0 aliphatic carbocycles. The van der Waals surface area contributed by atoms with Crippen molar-refractivity contribution in [1.29, 1.82) is 0 Å². The predicted octanol–water partition coefficient (Wildman–Crippen LogP) is 4.67. The normalized spacial score (nSPS) is 11.6. The quantitative estimate of drug-likeness (QED) is 0.359. The third-order valence-corrected chi connectivity index (χ3v) is 4.94. The first kappa shape index (κ1) is 21.3. The van der Waals surface area contributed by atoms with Crippen molar-refractivity contribution in [3.8, 4) is 28.5 Å². The zero-order valence-corrected chi connectivity index (χ0v) is 17.1. The fraction of sp³-hybridized carbons (Fsp3) is 0.0435. The molecule has 3 aromatic heterocycles. The summed E-state index contributed by atoms with van der Waals surface area (Å²) >= 11 is 0. The number of hydrogen-bond donors (Lipinski definition) is 0. The van der Waals surface area contributed by atoms with Crippen molar-refractivity contribution in [2.75, 3.05) is 0 Å². The molecule has 0 radical (unpaired) electrons. The average molecular weight is 467 g/mol. The maximum Gasteiger partial charge on any atom is 0.573 e. The topological polar surface area (TPSA) is 74.8 Å². The molecule has 0 unspecified atom stereocenters. The lowest BCUT2D eigenvalue weighted by Gasteiger charge is -2.13. The number of hydrogen-bond acceptors (Lipinski definition) is 5. The number of ether oxygens (including phenoxy) is 1. The Morgan fingerprint density at radius 2 is 1.76 bits per heavy atom. The molecule has 11 heteroatoms. The predicted molar refractivity (Wildman–Crippen MR) is 114 cm³/mol. The SMILES string of the molecule is O=c1ccn(-c2cccc(OC(F)(F)F)c2)nc1-c1ccnn1-c1ccnc2c(F)cccc12. The molecule has 0 aliphatic heterocycles. The summed E-state index contributed by atoms with van der Waals surface area (Å²) in [6.45, 7) is 0. The molecule has 3 heterocycles. The zero-order chi connectivity index (χ0) is 23.9. The molecule has 0 atom stereocenters. The Balaban J connectivity index is 1.62. The Bertz CT molecular complexity index is 1580. The van der Waals surface area contributed by atoms with E-state index in [0.717, 1.165) is 12.1 Å². The number of rotatable bonds is 4. The van der Waals surface area contributed by atoms with E-state index in [1.807, 2.05) is 0 Å². The van der Waals surface area contributed by atoms with Gasteiger partial charge in [-0.3, -0.25) is 9.78 Å². The van der Waals surface area contributed by atoms with Crippen LogP contribution in [0.15, 0.2) is 84.0 Å². The number of pyridine rings is 1. The van der Waals surface area contributed by atoms with Gasteiger partial charge in [0.05, 0.1) is 23.3 Å². The monoisotopic (exact) mass is 467 g/mol. The van der Waals surface area contributed by atoms with Crippen LogP contribution in [-0.4, -0.2) is 30.9 Å². The van der Waals surface area contributed by atoms with Crippen LogP contribution >= 0.6 is 0 Å². The molecule has 0 saturated carbocycles. The second kappa shape index (κ2) is 8.10. The maximum absolute atomic E-state index is 14.2. The first-order chi connectivity index (χ1) is 16.3. The van der Waals surface area contributed by atoms with Crippen LogP contribution in [0.3, 0.4) is 0 Å². The van der Waals surface area contributed by atoms with E-state index < -0.39 is 23.4 Å². The summed E-state index contributed by atoms with van der Waals surface area (Å²) in [5.74, 6) is -0.934. The van der Waals surface area contributed by atoms with Crippen molar-refractivity contribution in [2.24, 2.45) is 0 Å². The van der Waals surface area contributed by atoms with Crippen LogP contribution in [0, 0.1) is 5.82 Å². The molecule has 5 rings (SSSR count). The summed E-state index contributed by atoms with van der Waals surface area (Å²) in [7, 11) is 0. The smallest absolute Gasteiger partial charge is 0.406 e. The van der Waals surface area contributed by atoms with Gasteiger partial charge in [-0.2, -0.15) is 10.2 Å². The summed E-state index contributed by atoms with van der Waals surface area (Å²) in [5, 5.41) is 9.07. The standard InChI is InChI=1S/C23H13F4N5O2/c24-17-6-2-5-16-18(7-10-28-21(16)17)32-19(8-11-29-32)22-20(33)9-12-31(30-22)14-3-1-4-15(13-14)34-23(25,26)27/h1-13H.